The van der Waals surface area contributed by atoms with E-state index >= 15 is 0 Å². The molecule has 3 heterocycles. The van der Waals surface area contributed by atoms with Crippen LogP contribution in [-0.4, -0.2) is 60.9 Å². The standard InChI is InChI=1S/C18H22N4O5S/c23-18(20-9-14-11-26-15-3-1-2-4-16(15)27-14)13-5-7-22(8-6-13)28(24,25)17-10-19-12-21-17/h1-4,10,12-14H,5-9,11H2,(H,19,21)(H,20,23). The summed E-state index contributed by atoms with van der Waals surface area (Å²) in [5.41, 5.74) is 0. The van der Waals surface area contributed by atoms with Gasteiger partial charge in [-0.3, -0.25) is 4.79 Å². The van der Waals surface area contributed by atoms with E-state index in [-0.39, 0.29) is 23.0 Å². The first-order valence-corrected chi connectivity index (χ1v) is 10.6. The second-order valence-electron chi connectivity index (χ2n) is 6.84. The van der Waals surface area contributed by atoms with Crippen molar-refractivity contribution in [2.75, 3.05) is 26.2 Å². The molecular weight excluding hydrogens is 384 g/mol. The minimum absolute atomic E-state index is 0.0742. The number of piperidine rings is 1. The van der Waals surface area contributed by atoms with Crippen molar-refractivity contribution >= 4 is 15.9 Å². The predicted molar refractivity (Wildman–Crippen MR) is 99.4 cm³/mol. The SMILES string of the molecule is O=C(NCC1COc2ccccc2O1)C1CCN(S(=O)(=O)c2cnc[nH]2)CC1. The van der Waals surface area contributed by atoms with Crippen molar-refractivity contribution in [1.82, 2.24) is 19.6 Å². The number of fused-ring (bicyclic) bond motifs is 1. The molecule has 1 fully saturated rings. The molecule has 0 spiro atoms. The Hall–Kier alpha value is -2.59. The number of H-pyrrole nitrogens is 1. The third-order valence-electron chi connectivity index (χ3n) is 4.99. The summed E-state index contributed by atoms with van der Waals surface area (Å²) in [7, 11) is -3.58. The normalized spacial score (nSPS) is 20.6. The first-order valence-electron chi connectivity index (χ1n) is 9.19. The lowest BCUT2D eigenvalue weighted by Gasteiger charge is -2.31. The molecule has 9 nitrogen and oxygen atoms in total. The van der Waals surface area contributed by atoms with Crippen molar-refractivity contribution in [3.63, 3.8) is 0 Å². The number of carbonyl (C=O) groups is 1. The van der Waals surface area contributed by atoms with E-state index in [1.165, 1.54) is 16.8 Å². The fraction of sp³-hybridized carbons (Fsp3) is 0.444. The lowest BCUT2D eigenvalue weighted by Crippen LogP contribution is -2.46. The zero-order chi connectivity index (χ0) is 19.6. The highest BCUT2D eigenvalue weighted by Gasteiger charge is 2.33. The molecule has 0 radical (unpaired) electrons. The van der Waals surface area contributed by atoms with Gasteiger partial charge < -0.3 is 19.8 Å². The summed E-state index contributed by atoms with van der Waals surface area (Å²) in [4.78, 5) is 18.9. The monoisotopic (exact) mass is 406 g/mol. The van der Waals surface area contributed by atoms with Gasteiger partial charge in [0, 0.05) is 19.0 Å². The van der Waals surface area contributed by atoms with Gasteiger partial charge >= 0.3 is 0 Å². The van der Waals surface area contributed by atoms with Gasteiger partial charge in [0.2, 0.25) is 5.91 Å². The average Bonchev–Trinajstić information content (AvgIpc) is 3.28. The number of rotatable bonds is 5. The van der Waals surface area contributed by atoms with E-state index in [4.69, 9.17) is 9.47 Å². The third-order valence-corrected chi connectivity index (χ3v) is 6.81. The third kappa shape index (κ3) is 3.83. The maximum absolute atomic E-state index is 12.5. The summed E-state index contributed by atoms with van der Waals surface area (Å²) in [6.07, 6.45) is 3.33. The molecule has 1 saturated heterocycles. The van der Waals surface area contributed by atoms with Gasteiger partial charge in [-0.25, -0.2) is 13.4 Å². The maximum atomic E-state index is 12.5. The Bertz CT molecular complexity index is 923. The minimum Gasteiger partial charge on any atom is -0.486 e. The van der Waals surface area contributed by atoms with E-state index in [0.29, 0.717) is 50.6 Å². The van der Waals surface area contributed by atoms with E-state index in [1.54, 1.807) is 0 Å². The molecule has 150 valence electrons. The molecule has 1 atom stereocenters. The molecule has 1 amide bonds. The number of benzene rings is 1. The van der Waals surface area contributed by atoms with Crippen LogP contribution in [-0.2, 0) is 14.8 Å². The van der Waals surface area contributed by atoms with Gasteiger partial charge in [-0.2, -0.15) is 4.31 Å². The van der Waals surface area contributed by atoms with Gasteiger partial charge in [-0.1, -0.05) is 12.1 Å². The summed E-state index contributed by atoms with van der Waals surface area (Å²) in [6.45, 7) is 1.32. The number of nitrogens with one attached hydrogen (secondary N) is 2. The Balaban J connectivity index is 1.26. The van der Waals surface area contributed by atoms with E-state index < -0.39 is 10.0 Å². The summed E-state index contributed by atoms with van der Waals surface area (Å²) < 4.78 is 37.8. The predicted octanol–water partition coefficient (Wildman–Crippen LogP) is 0.767. The molecule has 28 heavy (non-hydrogen) atoms. The van der Waals surface area contributed by atoms with Crippen molar-refractivity contribution in [2.45, 2.75) is 24.0 Å². The van der Waals surface area contributed by atoms with E-state index in [1.807, 2.05) is 24.3 Å². The Morgan fingerprint density at radius 3 is 2.71 bits per heavy atom. The van der Waals surface area contributed by atoms with Crippen LogP contribution in [0, 0.1) is 5.92 Å². The van der Waals surface area contributed by atoms with Crippen LogP contribution in [0.5, 0.6) is 11.5 Å². The second kappa shape index (κ2) is 7.80. The number of sulfonamides is 1. The highest BCUT2D eigenvalue weighted by Crippen LogP contribution is 2.30. The number of amides is 1. The number of nitrogens with zero attached hydrogens (tertiary/aromatic N) is 2. The number of para-hydroxylation sites is 2. The van der Waals surface area contributed by atoms with Crippen LogP contribution in [0.2, 0.25) is 0 Å². The van der Waals surface area contributed by atoms with Crippen LogP contribution >= 0.6 is 0 Å². The molecule has 0 aliphatic carbocycles. The fourth-order valence-corrected chi connectivity index (χ4v) is 4.77. The van der Waals surface area contributed by atoms with Crippen LogP contribution < -0.4 is 14.8 Å². The Kier molecular flexibility index (Phi) is 5.23. The molecule has 1 aromatic heterocycles. The minimum atomic E-state index is -3.58. The van der Waals surface area contributed by atoms with E-state index in [0.717, 1.165) is 0 Å². The van der Waals surface area contributed by atoms with Crippen LogP contribution in [0.1, 0.15) is 12.8 Å². The van der Waals surface area contributed by atoms with Crippen LogP contribution in [0.25, 0.3) is 0 Å². The average molecular weight is 406 g/mol. The van der Waals surface area contributed by atoms with Crippen molar-refractivity contribution in [3.8, 4) is 11.5 Å². The maximum Gasteiger partial charge on any atom is 0.260 e. The van der Waals surface area contributed by atoms with Crippen molar-refractivity contribution < 1.29 is 22.7 Å². The van der Waals surface area contributed by atoms with Crippen LogP contribution in [0.15, 0.2) is 41.8 Å². The zero-order valence-corrected chi connectivity index (χ0v) is 16.0. The number of imidazole rings is 1. The number of hydrogen-bond donors (Lipinski definition) is 2. The van der Waals surface area contributed by atoms with Gasteiger partial charge in [0.05, 0.1) is 19.1 Å². The van der Waals surface area contributed by atoms with Crippen molar-refractivity contribution in [3.05, 3.63) is 36.8 Å². The first-order chi connectivity index (χ1) is 13.5. The molecule has 4 rings (SSSR count). The number of aromatic amines is 1. The highest BCUT2D eigenvalue weighted by atomic mass is 32.2. The molecule has 2 aromatic rings. The Morgan fingerprint density at radius 2 is 2.00 bits per heavy atom. The fourth-order valence-electron chi connectivity index (χ4n) is 3.40. The second-order valence-corrected chi connectivity index (χ2v) is 8.74. The lowest BCUT2D eigenvalue weighted by molar-refractivity contribution is -0.126. The number of carbonyl (C=O) groups excluding carboxylic acids is 1. The molecule has 2 aliphatic heterocycles. The van der Waals surface area contributed by atoms with E-state index in [9.17, 15) is 13.2 Å². The summed E-state index contributed by atoms with van der Waals surface area (Å²) in [5, 5.41) is 2.98. The van der Waals surface area contributed by atoms with Crippen LogP contribution in [0.3, 0.4) is 0 Å². The van der Waals surface area contributed by atoms with E-state index in [2.05, 4.69) is 15.3 Å². The summed E-state index contributed by atoms with van der Waals surface area (Å²) in [5.74, 6) is 1.08. The molecule has 0 bridgehead atoms. The molecule has 0 saturated carbocycles. The largest absolute Gasteiger partial charge is 0.486 e. The summed E-state index contributed by atoms with van der Waals surface area (Å²) in [6, 6.07) is 7.42. The topological polar surface area (TPSA) is 114 Å². The molecular formula is C18H22N4O5S. The van der Waals surface area contributed by atoms with Crippen molar-refractivity contribution in [1.29, 1.82) is 0 Å². The van der Waals surface area contributed by atoms with Gasteiger partial charge in [0.15, 0.2) is 16.5 Å². The van der Waals surface area contributed by atoms with Gasteiger partial charge in [-0.05, 0) is 25.0 Å². The van der Waals surface area contributed by atoms with Gasteiger partial charge in [0.1, 0.15) is 12.7 Å². The number of hydrogen-bond acceptors (Lipinski definition) is 6. The van der Waals surface area contributed by atoms with Gasteiger partial charge in [-0.15, -0.1) is 0 Å². The Morgan fingerprint density at radius 1 is 1.25 bits per heavy atom. The highest BCUT2D eigenvalue weighted by molar-refractivity contribution is 7.89. The van der Waals surface area contributed by atoms with Crippen LogP contribution in [0.4, 0.5) is 0 Å². The Labute approximate surface area is 163 Å². The molecule has 2 N–H and O–H groups in total. The molecule has 10 heteroatoms. The van der Waals surface area contributed by atoms with Gasteiger partial charge in [0.25, 0.3) is 10.0 Å². The molecule has 2 aliphatic rings. The molecule has 1 aromatic carbocycles. The summed E-state index contributed by atoms with van der Waals surface area (Å²) >= 11 is 0. The smallest absolute Gasteiger partial charge is 0.260 e. The number of aromatic nitrogens is 2. The first kappa shape index (κ1) is 18.8. The quantitative estimate of drug-likeness (QED) is 0.758. The lowest BCUT2D eigenvalue weighted by atomic mass is 9.97. The molecule has 1 unspecified atom stereocenters. The zero-order valence-electron chi connectivity index (χ0n) is 15.2. The van der Waals surface area contributed by atoms with Crippen molar-refractivity contribution in [2.24, 2.45) is 5.92 Å². The number of ether oxygens (including phenoxy) is 2.